The molecule has 0 unspecified atom stereocenters. The van der Waals surface area contributed by atoms with E-state index in [2.05, 4.69) is 0 Å². The molecule has 0 aromatic carbocycles. The molecule has 84 valence electrons. The van der Waals surface area contributed by atoms with E-state index in [1.165, 1.54) is 6.08 Å². The van der Waals surface area contributed by atoms with Crippen molar-refractivity contribution < 1.29 is 9.59 Å². The average molecular weight is 216 g/mol. The van der Waals surface area contributed by atoms with Crippen molar-refractivity contribution in [3.05, 3.63) is 46.6 Å². The Morgan fingerprint density at radius 1 is 1.12 bits per heavy atom. The number of rotatable bonds is 1. The van der Waals surface area contributed by atoms with E-state index >= 15 is 0 Å². The molecule has 0 aliphatic heterocycles. The van der Waals surface area contributed by atoms with Crippen LogP contribution >= 0.6 is 0 Å². The second-order valence-corrected chi connectivity index (χ2v) is 4.06. The van der Waals surface area contributed by atoms with Crippen molar-refractivity contribution in [2.24, 2.45) is 0 Å². The van der Waals surface area contributed by atoms with Crippen LogP contribution in [0.4, 0.5) is 0 Å². The Labute approximate surface area is 96.0 Å². The maximum Gasteiger partial charge on any atom is 0.182 e. The summed E-state index contributed by atoms with van der Waals surface area (Å²) >= 11 is 0. The summed E-state index contributed by atoms with van der Waals surface area (Å²) in [5.41, 5.74) is 3.63. The molecule has 0 fully saturated rings. The maximum atomic E-state index is 11.9. The van der Waals surface area contributed by atoms with Gasteiger partial charge in [0.05, 0.1) is 0 Å². The van der Waals surface area contributed by atoms with Crippen molar-refractivity contribution in [1.29, 1.82) is 0 Å². The van der Waals surface area contributed by atoms with Crippen molar-refractivity contribution in [3.63, 3.8) is 0 Å². The number of carbonyl (C=O) groups is 2. The Hall–Kier alpha value is -1.70. The topological polar surface area (TPSA) is 34.1 Å². The standard InChI is InChI=1S/C14H16O2/c1-10-4-5-11(2)12(3)9-14(16)13(8-10)6-7-15/h4-7,9H,8H2,1-3H3/b10-4+,11-5?,12-9?,13-6-. The molecule has 0 amide bonds. The van der Waals surface area contributed by atoms with Crippen LogP contribution in [0.15, 0.2) is 46.6 Å². The van der Waals surface area contributed by atoms with Gasteiger partial charge in [-0.2, -0.15) is 0 Å². The summed E-state index contributed by atoms with van der Waals surface area (Å²) in [7, 11) is 0. The summed E-state index contributed by atoms with van der Waals surface area (Å²) in [6, 6.07) is 0. The molecule has 0 saturated heterocycles. The van der Waals surface area contributed by atoms with Gasteiger partial charge in [-0.3, -0.25) is 9.59 Å². The van der Waals surface area contributed by atoms with Crippen LogP contribution in [-0.2, 0) is 9.59 Å². The van der Waals surface area contributed by atoms with Gasteiger partial charge in [-0.25, -0.2) is 0 Å². The quantitative estimate of drug-likeness (QED) is 0.499. The lowest BCUT2D eigenvalue weighted by atomic mass is 10.0. The minimum Gasteiger partial charge on any atom is -0.299 e. The highest BCUT2D eigenvalue weighted by Crippen LogP contribution is 2.18. The molecule has 0 saturated carbocycles. The monoisotopic (exact) mass is 216 g/mol. The van der Waals surface area contributed by atoms with E-state index in [4.69, 9.17) is 0 Å². The number of aldehydes is 1. The lowest BCUT2D eigenvalue weighted by Crippen LogP contribution is -2.01. The average Bonchev–Trinajstić information content (AvgIpc) is 2.27. The minimum atomic E-state index is -0.0769. The SMILES string of the molecule is CC1=C/C=C(\C)C/C(=C/C=O)C(=O)C=C1C. The summed E-state index contributed by atoms with van der Waals surface area (Å²) in [6.07, 6.45) is 8.13. The van der Waals surface area contributed by atoms with Gasteiger partial charge in [-0.1, -0.05) is 17.7 Å². The van der Waals surface area contributed by atoms with Crippen molar-refractivity contribution in [1.82, 2.24) is 0 Å². The lowest BCUT2D eigenvalue weighted by molar-refractivity contribution is -0.112. The number of ketones is 1. The third-order valence-electron chi connectivity index (χ3n) is 2.64. The summed E-state index contributed by atoms with van der Waals surface area (Å²) in [5, 5.41) is 0. The van der Waals surface area contributed by atoms with Crippen LogP contribution in [0.25, 0.3) is 0 Å². The van der Waals surface area contributed by atoms with Gasteiger partial charge in [0, 0.05) is 5.57 Å². The van der Waals surface area contributed by atoms with Gasteiger partial charge >= 0.3 is 0 Å². The van der Waals surface area contributed by atoms with Crippen molar-refractivity contribution >= 4 is 12.1 Å². The predicted octanol–water partition coefficient (Wildman–Crippen LogP) is 2.92. The largest absolute Gasteiger partial charge is 0.299 e. The van der Waals surface area contributed by atoms with Crippen LogP contribution < -0.4 is 0 Å². The van der Waals surface area contributed by atoms with E-state index in [0.29, 0.717) is 18.3 Å². The summed E-state index contributed by atoms with van der Waals surface area (Å²) in [6.45, 7) is 5.82. The van der Waals surface area contributed by atoms with E-state index in [1.54, 1.807) is 6.08 Å². The van der Waals surface area contributed by atoms with Crippen LogP contribution in [0.2, 0.25) is 0 Å². The van der Waals surface area contributed by atoms with Crippen molar-refractivity contribution in [3.8, 4) is 0 Å². The number of allylic oxidation sites excluding steroid dienone is 8. The molecule has 0 aromatic rings. The maximum absolute atomic E-state index is 11.9. The number of hydrogen-bond donors (Lipinski definition) is 0. The molecular weight excluding hydrogens is 200 g/mol. The fraction of sp³-hybridized carbons (Fsp3) is 0.286. The zero-order valence-electron chi connectivity index (χ0n) is 9.91. The Morgan fingerprint density at radius 2 is 1.81 bits per heavy atom. The fourth-order valence-electron chi connectivity index (χ4n) is 1.47. The molecule has 0 bridgehead atoms. The molecule has 2 heteroatoms. The molecule has 0 N–H and O–H groups in total. The zero-order chi connectivity index (χ0) is 12.1. The van der Waals surface area contributed by atoms with Crippen LogP contribution in [-0.4, -0.2) is 12.1 Å². The van der Waals surface area contributed by atoms with Crippen LogP contribution in [0, 0.1) is 0 Å². The molecule has 1 rings (SSSR count). The number of carbonyl (C=O) groups excluding carboxylic acids is 2. The molecule has 0 aromatic heterocycles. The molecule has 1 aliphatic rings. The van der Waals surface area contributed by atoms with E-state index in [0.717, 1.165) is 16.7 Å². The summed E-state index contributed by atoms with van der Waals surface area (Å²) in [4.78, 5) is 22.3. The first-order chi connectivity index (χ1) is 7.54. The normalized spacial score (nSPS) is 23.6. The fourth-order valence-corrected chi connectivity index (χ4v) is 1.47. The molecular formula is C14H16O2. The van der Waals surface area contributed by atoms with E-state index in [9.17, 15) is 9.59 Å². The van der Waals surface area contributed by atoms with Gasteiger partial charge in [-0.15, -0.1) is 0 Å². The molecule has 2 nitrogen and oxygen atoms in total. The smallest absolute Gasteiger partial charge is 0.182 e. The van der Waals surface area contributed by atoms with E-state index in [-0.39, 0.29) is 5.78 Å². The third-order valence-corrected chi connectivity index (χ3v) is 2.64. The van der Waals surface area contributed by atoms with Gasteiger partial charge in [-0.05, 0) is 50.5 Å². The summed E-state index contributed by atoms with van der Waals surface area (Å²) < 4.78 is 0. The minimum absolute atomic E-state index is 0.0769. The molecule has 16 heavy (non-hydrogen) atoms. The number of hydrogen-bond acceptors (Lipinski definition) is 2. The first-order valence-electron chi connectivity index (χ1n) is 5.26. The molecule has 0 heterocycles. The van der Waals surface area contributed by atoms with Gasteiger partial charge < -0.3 is 0 Å². The lowest BCUT2D eigenvalue weighted by Gasteiger charge is -2.02. The van der Waals surface area contributed by atoms with Crippen molar-refractivity contribution in [2.45, 2.75) is 27.2 Å². The van der Waals surface area contributed by atoms with Crippen LogP contribution in [0.5, 0.6) is 0 Å². The van der Waals surface area contributed by atoms with Gasteiger partial charge in [0.25, 0.3) is 0 Å². The van der Waals surface area contributed by atoms with E-state index in [1.807, 2.05) is 32.9 Å². The molecule has 0 spiro atoms. The second-order valence-electron chi connectivity index (χ2n) is 4.06. The summed E-state index contributed by atoms with van der Waals surface area (Å²) in [5.74, 6) is -0.0769. The molecule has 0 atom stereocenters. The molecule has 0 radical (unpaired) electrons. The highest BCUT2D eigenvalue weighted by Gasteiger charge is 2.09. The van der Waals surface area contributed by atoms with Crippen molar-refractivity contribution in [2.75, 3.05) is 0 Å². The van der Waals surface area contributed by atoms with Gasteiger partial charge in [0.1, 0.15) is 6.29 Å². The first-order valence-corrected chi connectivity index (χ1v) is 5.26. The van der Waals surface area contributed by atoms with Gasteiger partial charge in [0.15, 0.2) is 5.78 Å². The zero-order valence-corrected chi connectivity index (χ0v) is 9.91. The highest BCUT2D eigenvalue weighted by molar-refractivity contribution is 6.06. The molecule has 1 aliphatic carbocycles. The Bertz CT molecular complexity index is 432. The Morgan fingerprint density at radius 3 is 2.44 bits per heavy atom. The van der Waals surface area contributed by atoms with Crippen LogP contribution in [0.3, 0.4) is 0 Å². The van der Waals surface area contributed by atoms with E-state index < -0.39 is 0 Å². The highest BCUT2D eigenvalue weighted by atomic mass is 16.1. The van der Waals surface area contributed by atoms with Crippen LogP contribution in [0.1, 0.15) is 27.2 Å². The third kappa shape index (κ3) is 3.16. The Kier molecular flexibility index (Phi) is 4.18. The second kappa shape index (κ2) is 5.40. The van der Waals surface area contributed by atoms with Gasteiger partial charge in [0.2, 0.25) is 0 Å². The first kappa shape index (κ1) is 12.4. The Balaban J connectivity index is 3.22. The predicted molar refractivity (Wildman–Crippen MR) is 65.0 cm³/mol.